The van der Waals surface area contributed by atoms with Crippen molar-refractivity contribution < 1.29 is 19.7 Å². The molecule has 21 heavy (non-hydrogen) atoms. The number of aliphatic hydroxyl groups is 2. The van der Waals surface area contributed by atoms with Gasteiger partial charge in [0, 0.05) is 11.3 Å². The Morgan fingerprint density at radius 2 is 2.48 bits per heavy atom. The van der Waals surface area contributed by atoms with Gasteiger partial charge in [0.1, 0.15) is 18.4 Å². The van der Waals surface area contributed by atoms with E-state index in [1.165, 1.54) is 11.2 Å². The first kappa shape index (κ1) is 13.6. The Bertz CT molecular complexity index is 611. The van der Waals surface area contributed by atoms with Gasteiger partial charge in [0.25, 0.3) is 5.91 Å². The molecule has 0 aliphatic carbocycles. The van der Waals surface area contributed by atoms with Gasteiger partial charge in [0.15, 0.2) is 11.8 Å². The molecule has 110 valence electrons. The fourth-order valence-electron chi connectivity index (χ4n) is 2.40. The summed E-state index contributed by atoms with van der Waals surface area (Å²) in [4.78, 5) is 27.1. The molecule has 1 unspecified atom stereocenters. The number of hydrogen-bond donors (Lipinski definition) is 2. The molecule has 0 spiro atoms. The fourth-order valence-corrected chi connectivity index (χ4v) is 2.40. The summed E-state index contributed by atoms with van der Waals surface area (Å²) in [5.41, 5.74) is 6.79. The number of carbonyl (C=O) groups is 1. The van der Waals surface area contributed by atoms with Crippen molar-refractivity contribution in [2.24, 2.45) is 20.1 Å². The molecule has 3 rings (SSSR count). The molecule has 3 aliphatic rings. The molecular weight excluding hydrogens is 282 g/mol. The molecule has 4 atom stereocenters. The maximum Gasteiger partial charge on any atom is 0.279 e. The average Bonchev–Trinajstić information content (AvgIpc) is 3.03. The third kappa shape index (κ3) is 1.99. The number of ether oxygens (including phenoxy) is 1. The Labute approximate surface area is 117 Å². The summed E-state index contributed by atoms with van der Waals surface area (Å²) in [6, 6.07) is -0.820. The highest BCUT2D eigenvalue weighted by Gasteiger charge is 2.51. The van der Waals surface area contributed by atoms with Gasteiger partial charge in [0.2, 0.25) is 0 Å². The number of azide groups is 1. The van der Waals surface area contributed by atoms with Gasteiger partial charge in [-0.25, -0.2) is 4.99 Å². The van der Waals surface area contributed by atoms with Crippen LogP contribution in [-0.2, 0) is 9.53 Å². The van der Waals surface area contributed by atoms with Crippen LogP contribution in [0.25, 0.3) is 10.4 Å². The van der Waals surface area contributed by atoms with Gasteiger partial charge in [0.05, 0.1) is 19.0 Å². The monoisotopic (exact) mass is 293 g/mol. The zero-order valence-electron chi connectivity index (χ0n) is 10.6. The van der Waals surface area contributed by atoms with E-state index in [2.05, 4.69) is 25.0 Å². The molecule has 0 radical (unpaired) electrons. The van der Waals surface area contributed by atoms with Gasteiger partial charge in [-0.05, 0) is 5.53 Å². The molecule has 3 aliphatic heterocycles. The standard InChI is InChI=1S/C10H11N7O4/c11-16-15-10(2-18)5(19)1-6(21-10)17-4-14-7-8(17)12-3-13-9(7)20/h3-7,18-19H,1-2H2/t5-,6+,7?,10+/m0/s1. The van der Waals surface area contributed by atoms with E-state index in [1.54, 1.807) is 0 Å². The van der Waals surface area contributed by atoms with E-state index in [-0.39, 0.29) is 6.42 Å². The Balaban J connectivity index is 1.85. The number of fused-ring (bicyclic) bond motifs is 1. The second-order valence-corrected chi connectivity index (χ2v) is 4.66. The first-order valence-corrected chi connectivity index (χ1v) is 6.10. The highest BCUT2D eigenvalue weighted by atomic mass is 16.6. The molecule has 1 saturated heterocycles. The number of hydrogen-bond acceptors (Lipinski definition) is 8. The Hall–Kier alpha value is -2.33. The molecule has 1 amide bonds. The van der Waals surface area contributed by atoms with E-state index >= 15 is 0 Å². The molecule has 0 saturated carbocycles. The SMILES string of the molecule is [N-]=[N+]=N[C@]1(CO)O[C@@H](N2C=NC3C(=O)N=CN=C32)C[C@@H]1O. The first-order valence-electron chi connectivity index (χ1n) is 6.10. The lowest BCUT2D eigenvalue weighted by molar-refractivity contribution is -0.122. The van der Waals surface area contributed by atoms with E-state index in [4.69, 9.17) is 10.3 Å². The van der Waals surface area contributed by atoms with Crippen LogP contribution in [0.15, 0.2) is 20.1 Å². The lowest BCUT2D eigenvalue weighted by Gasteiger charge is -2.27. The van der Waals surface area contributed by atoms with Gasteiger partial charge in [-0.1, -0.05) is 5.11 Å². The van der Waals surface area contributed by atoms with Gasteiger partial charge in [-0.2, -0.15) is 4.99 Å². The number of nitrogens with zero attached hydrogens (tertiary/aromatic N) is 7. The zero-order chi connectivity index (χ0) is 15.0. The van der Waals surface area contributed by atoms with Crippen LogP contribution in [0, 0.1) is 0 Å². The molecular formula is C10H11N7O4. The van der Waals surface area contributed by atoms with Gasteiger partial charge in [-0.15, -0.1) is 0 Å². The first-order chi connectivity index (χ1) is 10.1. The van der Waals surface area contributed by atoms with Crippen LogP contribution in [0.3, 0.4) is 0 Å². The average molecular weight is 293 g/mol. The summed E-state index contributed by atoms with van der Waals surface area (Å²) in [7, 11) is 0. The van der Waals surface area contributed by atoms with Crippen molar-refractivity contribution in [2.75, 3.05) is 6.61 Å². The zero-order valence-corrected chi connectivity index (χ0v) is 10.6. The highest BCUT2D eigenvalue weighted by Crippen LogP contribution is 2.35. The predicted molar refractivity (Wildman–Crippen MR) is 69.5 cm³/mol. The Morgan fingerprint density at radius 3 is 3.19 bits per heavy atom. The Kier molecular flexibility index (Phi) is 3.18. The molecule has 11 nitrogen and oxygen atoms in total. The minimum absolute atomic E-state index is 0.0582. The van der Waals surface area contributed by atoms with Crippen molar-refractivity contribution in [3.63, 3.8) is 0 Å². The number of aliphatic hydroxyl groups excluding tert-OH is 2. The van der Waals surface area contributed by atoms with Crippen molar-refractivity contribution in [3.05, 3.63) is 10.4 Å². The number of carbonyl (C=O) groups excluding carboxylic acids is 1. The summed E-state index contributed by atoms with van der Waals surface area (Å²) < 4.78 is 5.50. The van der Waals surface area contributed by atoms with Crippen LogP contribution in [-0.4, -0.2) is 70.2 Å². The van der Waals surface area contributed by atoms with E-state index in [0.29, 0.717) is 5.84 Å². The third-order valence-corrected chi connectivity index (χ3v) is 3.49. The number of aliphatic imine (C=N–C) groups is 3. The second-order valence-electron chi connectivity index (χ2n) is 4.66. The molecule has 0 bridgehead atoms. The molecule has 11 heteroatoms. The maximum absolute atomic E-state index is 11.6. The molecule has 2 N–H and O–H groups in total. The number of amidine groups is 1. The van der Waals surface area contributed by atoms with Crippen molar-refractivity contribution in [1.29, 1.82) is 0 Å². The van der Waals surface area contributed by atoms with Crippen molar-refractivity contribution >= 4 is 24.4 Å². The van der Waals surface area contributed by atoms with Crippen LogP contribution < -0.4 is 0 Å². The third-order valence-electron chi connectivity index (χ3n) is 3.49. The van der Waals surface area contributed by atoms with Gasteiger partial charge < -0.3 is 14.9 Å². The van der Waals surface area contributed by atoms with Crippen LogP contribution in [0.5, 0.6) is 0 Å². The van der Waals surface area contributed by atoms with Crippen molar-refractivity contribution in [2.45, 2.75) is 30.5 Å². The quantitative estimate of drug-likeness (QED) is 0.378. The summed E-state index contributed by atoms with van der Waals surface area (Å²) in [5, 5.41) is 22.7. The Morgan fingerprint density at radius 1 is 1.67 bits per heavy atom. The summed E-state index contributed by atoms with van der Waals surface area (Å²) in [5.74, 6) is -0.123. The maximum atomic E-state index is 11.6. The molecule has 0 aromatic heterocycles. The molecule has 0 aromatic carbocycles. The lowest BCUT2D eigenvalue weighted by Crippen LogP contribution is -2.45. The largest absolute Gasteiger partial charge is 0.393 e. The molecule has 1 fully saturated rings. The van der Waals surface area contributed by atoms with Crippen LogP contribution in [0.1, 0.15) is 6.42 Å². The van der Waals surface area contributed by atoms with E-state index in [0.717, 1.165) is 6.34 Å². The minimum atomic E-state index is -1.75. The van der Waals surface area contributed by atoms with Crippen molar-refractivity contribution in [1.82, 2.24) is 4.90 Å². The predicted octanol–water partition coefficient (Wildman–Crippen LogP) is -1.23. The second kappa shape index (κ2) is 4.90. The van der Waals surface area contributed by atoms with Crippen molar-refractivity contribution in [3.8, 4) is 0 Å². The number of amides is 1. The highest BCUT2D eigenvalue weighted by molar-refractivity contribution is 6.19. The molecule has 0 aromatic rings. The minimum Gasteiger partial charge on any atom is -0.393 e. The number of rotatable bonds is 3. The van der Waals surface area contributed by atoms with Crippen LogP contribution >= 0.6 is 0 Å². The van der Waals surface area contributed by atoms with Gasteiger partial charge in [-0.3, -0.25) is 14.7 Å². The smallest absolute Gasteiger partial charge is 0.279 e. The van der Waals surface area contributed by atoms with Crippen LogP contribution in [0.4, 0.5) is 0 Å². The van der Waals surface area contributed by atoms with E-state index in [9.17, 15) is 15.0 Å². The summed E-state index contributed by atoms with van der Waals surface area (Å²) in [6.45, 7) is -0.671. The van der Waals surface area contributed by atoms with E-state index in [1.807, 2.05) is 0 Å². The summed E-state index contributed by atoms with van der Waals surface area (Å²) >= 11 is 0. The van der Waals surface area contributed by atoms with Gasteiger partial charge >= 0.3 is 0 Å². The summed E-state index contributed by atoms with van der Waals surface area (Å²) in [6.07, 6.45) is 0.585. The topological polar surface area (TPSA) is 156 Å². The van der Waals surface area contributed by atoms with E-state index < -0.39 is 36.6 Å². The van der Waals surface area contributed by atoms with Crippen LogP contribution in [0.2, 0.25) is 0 Å². The lowest BCUT2D eigenvalue weighted by atomic mass is 10.1. The molecule has 3 heterocycles. The normalized spacial score (nSPS) is 37.4. The fraction of sp³-hybridized carbons (Fsp3) is 0.600.